The zero-order valence-electron chi connectivity index (χ0n) is 15.1. The summed E-state index contributed by atoms with van der Waals surface area (Å²) in [5.41, 5.74) is 1.61. The molecule has 2 N–H and O–H groups in total. The molecule has 4 rings (SSSR count). The summed E-state index contributed by atoms with van der Waals surface area (Å²) >= 11 is 0. The number of likely N-dealkylation sites (tertiary alicyclic amines) is 1. The van der Waals surface area contributed by atoms with E-state index in [1.165, 1.54) is 0 Å². The summed E-state index contributed by atoms with van der Waals surface area (Å²) in [6, 6.07) is 7.48. The molecule has 1 aromatic rings. The number of anilines is 1. The number of aliphatic carboxylic acids is 1. The maximum Gasteiger partial charge on any atom is 0.307 e. The Balaban J connectivity index is 1.45. The fourth-order valence-electron chi connectivity index (χ4n) is 4.74. The lowest BCUT2D eigenvalue weighted by atomic mass is 9.82. The molecule has 2 bridgehead atoms. The van der Waals surface area contributed by atoms with Gasteiger partial charge in [-0.3, -0.25) is 14.4 Å². The Morgan fingerprint density at radius 2 is 1.93 bits per heavy atom. The number of carboxylic acids is 1. The molecule has 1 heterocycles. The summed E-state index contributed by atoms with van der Waals surface area (Å²) in [7, 11) is 0. The van der Waals surface area contributed by atoms with Gasteiger partial charge in [0.2, 0.25) is 11.8 Å². The molecule has 6 nitrogen and oxygen atoms in total. The van der Waals surface area contributed by atoms with Crippen molar-refractivity contribution in [1.29, 1.82) is 0 Å². The maximum absolute atomic E-state index is 12.8. The normalized spacial score (nSPS) is 29.2. The first-order valence-electron chi connectivity index (χ1n) is 9.61. The number of allylic oxidation sites excluding steroid dienone is 2. The second-order valence-corrected chi connectivity index (χ2v) is 7.80. The van der Waals surface area contributed by atoms with E-state index < -0.39 is 17.8 Å². The van der Waals surface area contributed by atoms with Crippen LogP contribution < -0.4 is 5.32 Å². The summed E-state index contributed by atoms with van der Waals surface area (Å²) < 4.78 is 0. The third-order valence-corrected chi connectivity index (χ3v) is 6.04. The van der Waals surface area contributed by atoms with Crippen LogP contribution >= 0.6 is 0 Å². The van der Waals surface area contributed by atoms with Gasteiger partial charge in [-0.2, -0.15) is 0 Å². The Bertz CT molecular complexity index is 803. The number of benzene rings is 1. The van der Waals surface area contributed by atoms with Crippen LogP contribution in [0.4, 0.5) is 5.69 Å². The molecule has 0 unspecified atom stereocenters. The van der Waals surface area contributed by atoms with E-state index in [1.807, 2.05) is 35.3 Å². The fraction of sp³-hybridized carbons (Fsp3) is 0.476. The Labute approximate surface area is 158 Å². The number of carboxylic acid groups (broad SMARTS) is 1. The Morgan fingerprint density at radius 1 is 1.15 bits per heavy atom. The summed E-state index contributed by atoms with van der Waals surface area (Å²) in [4.78, 5) is 38.3. The number of hydrogen-bond donors (Lipinski definition) is 2. The van der Waals surface area contributed by atoms with E-state index in [0.717, 1.165) is 31.4 Å². The number of fused-ring (bicyclic) bond motifs is 2. The van der Waals surface area contributed by atoms with Crippen molar-refractivity contribution >= 4 is 23.5 Å². The van der Waals surface area contributed by atoms with Gasteiger partial charge in [-0.15, -0.1) is 0 Å². The zero-order chi connectivity index (χ0) is 19.0. The highest BCUT2D eigenvalue weighted by Gasteiger charge is 2.51. The first-order chi connectivity index (χ1) is 13.0. The van der Waals surface area contributed by atoms with Gasteiger partial charge in [0.25, 0.3) is 0 Å². The molecule has 1 aliphatic heterocycles. The summed E-state index contributed by atoms with van der Waals surface area (Å²) in [6.45, 7) is 1.31. The smallest absolute Gasteiger partial charge is 0.307 e. The third kappa shape index (κ3) is 3.48. The molecule has 2 amide bonds. The van der Waals surface area contributed by atoms with Gasteiger partial charge in [0, 0.05) is 25.2 Å². The van der Waals surface area contributed by atoms with Crippen LogP contribution in [-0.4, -0.2) is 34.3 Å². The third-order valence-electron chi connectivity index (χ3n) is 6.04. The first kappa shape index (κ1) is 17.8. The number of carbonyl (C=O) groups excluding carboxylic acids is 2. The van der Waals surface area contributed by atoms with Crippen molar-refractivity contribution in [1.82, 2.24) is 4.90 Å². The zero-order valence-corrected chi connectivity index (χ0v) is 15.1. The average Bonchev–Trinajstić information content (AvgIpc) is 3.25. The first-order valence-corrected chi connectivity index (χ1v) is 9.61. The lowest BCUT2D eigenvalue weighted by Gasteiger charge is -2.27. The number of nitrogens with one attached hydrogen (secondary N) is 1. The molecule has 4 atom stereocenters. The molecule has 0 spiro atoms. The molecule has 1 saturated carbocycles. The summed E-state index contributed by atoms with van der Waals surface area (Å²) in [5, 5.41) is 12.4. The predicted molar refractivity (Wildman–Crippen MR) is 99.7 cm³/mol. The Kier molecular flexibility index (Phi) is 4.72. The number of rotatable bonds is 5. The van der Waals surface area contributed by atoms with E-state index in [2.05, 4.69) is 5.32 Å². The second kappa shape index (κ2) is 7.18. The van der Waals surface area contributed by atoms with Gasteiger partial charge < -0.3 is 15.3 Å². The van der Waals surface area contributed by atoms with Crippen molar-refractivity contribution in [3.05, 3.63) is 42.0 Å². The van der Waals surface area contributed by atoms with Crippen LogP contribution in [0.3, 0.4) is 0 Å². The molecule has 1 aromatic carbocycles. The van der Waals surface area contributed by atoms with Crippen molar-refractivity contribution in [2.24, 2.45) is 23.7 Å². The van der Waals surface area contributed by atoms with Gasteiger partial charge >= 0.3 is 5.97 Å². The van der Waals surface area contributed by atoms with E-state index >= 15 is 0 Å². The van der Waals surface area contributed by atoms with E-state index in [4.69, 9.17) is 0 Å². The number of amides is 2. The lowest BCUT2D eigenvalue weighted by Crippen LogP contribution is -2.36. The second-order valence-electron chi connectivity index (χ2n) is 7.80. The summed E-state index contributed by atoms with van der Waals surface area (Å²) in [5.74, 6) is -2.16. The largest absolute Gasteiger partial charge is 0.481 e. The molecule has 0 aromatic heterocycles. The van der Waals surface area contributed by atoms with Gasteiger partial charge in [-0.1, -0.05) is 24.3 Å². The van der Waals surface area contributed by atoms with Crippen LogP contribution in [0, 0.1) is 23.7 Å². The molecular weight excluding hydrogens is 344 g/mol. The highest BCUT2D eigenvalue weighted by atomic mass is 16.4. The van der Waals surface area contributed by atoms with Crippen molar-refractivity contribution in [3.63, 3.8) is 0 Å². The monoisotopic (exact) mass is 368 g/mol. The van der Waals surface area contributed by atoms with Gasteiger partial charge in [-0.25, -0.2) is 0 Å². The molecule has 3 aliphatic rings. The van der Waals surface area contributed by atoms with Crippen LogP contribution in [0.2, 0.25) is 0 Å². The fourth-order valence-corrected chi connectivity index (χ4v) is 4.74. The Morgan fingerprint density at radius 3 is 2.67 bits per heavy atom. The van der Waals surface area contributed by atoms with E-state index in [1.54, 1.807) is 6.07 Å². The molecule has 0 radical (unpaired) electrons. The Hall–Kier alpha value is -2.63. The van der Waals surface area contributed by atoms with Gasteiger partial charge in [0.05, 0.1) is 11.8 Å². The predicted octanol–water partition coefficient (Wildman–Crippen LogP) is 2.66. The molecule has 2 fully saturated rings. The lowest BCUT2D eigenvalue weighted by molar-refractivity contribution is -0.146. The number of carbonyl (C=O) groups is 3. The minimum atomic E-state index is -0.899. The molecule has 27 heavy (non-hydrogen) atoms. The highest BCUT2D eigenvalue weighted by molar-refractivity contribution is 5.96. The van der Waals surface area contributed by atoms with Crippen LogP contribution in [0.25, 0.3) is 0 Å². The molecular formula is C21H24N2O4. The van der Waals surface area contributed by atoms with E-state index in [0.29, 0.717) is 18.7 Å². The van der Waals surface area contributed by atoms with Crippen molar-refractivity contribution in [3.8, 4) is 0 Å². The molecule has 2 aliphatic carbocycles. The van der Waals surface area contributed by atoms with E-state index in [-0.39, 0.29) is 23.7 Å². The minimum absolute atomic E-state index is 0.00486. The maximum atomic E-state index is 12.8. The number of hydrogen-bond acceptors (Lipinski definition) is 3. The van der Waals surface area contributed by atoms with Gasteiger partial charge in [0.15, 0.2) is 0 Å². The molecule has 6 heteroatoms. The number of nitrogens with zero attached hydrogens (tertiary/aromatic N) is 1. The SMILES string of the molecule is O=C(Nc1cccc(CN2CCCCC2=O)c1)[C@@H]1[C@H](C(=O)O)[C@H]2C=C[C@H]1C2. The quantitative estimate of drug-likeness (QED) is 0.783. The van der Waals surface area contributed by atoms with Crippen molar-refractivity contribution < 1.29 is 19.5 Å². The van der Waals surface area contributed by atoms with Crippen molar-refractivity contribution in [2.75, 3.05) is 11.9 Å². The van der Waals surface area contributed by atoms with Crippen LogP contribution in [0.1, 0.15) is 31.2 Å². The van der Waals surface area contributed by atoms with Crippen LogP contribution in [-0.2, 0) is 20.9 Å². The standard InChI is InChI=1S/C21H24N2O4/c24-17-6-1-2-9-23(17)12-13-4-3-5-16(10-13)22-20(25)18-14-7-8-15(11-14)19(18)21(26)27/h3-5,7-8,10,14-15,18-19H,1-2,6,9,11-12H2,(H,22,25)(H,26,27)/t14-,15-,18-,19+/m0/s1. The van der Waals surface area contributed by atoms with Gasteiger partial charge in [0.1, 0.15) is 0 Å². The highest BCUT2D eigenvalue weighted by Crippen LogP contribution is 2.48. The minimum Gasteiger partial charge on any atom is -0.481 e. The topological polar surface area (TPSA) is 86.7 Å². The summed E-state index contributed by atoms with van der Waals surface area (Å²) in [6.07, 6.45) is 7.23. The molecule has 1 saturated heterocycles. The molecule has 142 valence electrons. The average molecular weight is 368 g/mol. The van der Waals surface area contributed by atoms with Gasteiger partial charge in [-0.05, 0) is 48.8 Å². The van der Waals surface area contributed by atoms with E-state index in [9.17, 15) is 19.5 Å². The number of piperidine rings is 1. The van der Waals surface area contributed by atoms with Crippen molar-refractivity contribution in [2.45, 2.75) is 32.2 Å². The van der Waals surface area contributed by atoms with Crippen LogP contribution in [0.15, 0.2) is 36.4 Å². The van der Waals surface area contributed by atoms with Crippen LogP contribution in [0.5, 0.6) is 0 Å².